The van der Waals surface area contributed by atoms with Gasteiger partial charge in [0.25, 0.3) is 0 Å². The minimum absolute atomic E-state index is 0.0450. The van der Waals surface area contributed by atoms with Crippen LogP contribution in [0.3, 0.4) is 0 Å². The van der Waals surface area contributed by atoms with Gasteiger partial charge in [0.05, 0.1) is 16.1 Å². The molecule has 0 spiro atoms. The number of hydrogen-bond acceptors (Lipinski definition) is 8. The average Bonchev–Trinajstić information content (AvgIpc) is 3.15. The van der Waals surface area contributed by atoms with Gasteiger partial charge in [-0.05, 0) is 126 Å². The lowest BCUT2D eigenvalue weighted by atomic mass is 9.87. The van der Waals surface area contributed by atoms with Gasteiger partial charge in [-0.3, -0.25) is 9.59 Å². The number of halogens is 4. The van der Waals surface area contributed by atoms with Crippen molar-refractivity contribution in [3.05, 3.63) is 88.4 Å². The Hall–Kier alpha value is -4.22. The van der Waals surface area contributed by atoms with Gasteiger partial charge in [0.15, 0.2) is 0 Å². The van der Waals surface area contributed by atoms with Gasteiger partial charge in [-0.15, -0.1) is 0 Å². The summed E-state index contributed by atoms with van der Waals surface area (Å²) in [7, 11) is -4.15. The molecule has 3 aromatic rings. The molecule has 0 aliphatic carbocycles. The molecule has 5 rings (SSSR count). The minimum Gasteiger partial charge on any atom is -0.444 e. The second-order valence-electron chi connectivity index (χ2n) is 15.2. The maximum absolute atomic E-state index is 12.9. The number of benzene rings is 3. The van der Waals surface area contributed by atoms with Crippen molar-refractivity contribution in [3.63, 3.8) is 0 Å². The van der Waals surface area contributed by atoms with E-state index in [1.165, 1.54) is 5.56 Å². The normalized spacial score (nSPS) is 17.0. The van der Waals surface area contributed by atoms with Gasteiger partial charge in [-0.1, -0.05) is 49.7 Å². The molecule has 3 amide bonds. The number of amides is 3. The van der Waals surface area contributed by atoms with Crippen molar-refractivity contribution >= 4 is 50.9 Å². The van der Waals surface area contributed by atoms with E-state index in [2.05, 4.69) is 28.2 Å². The molecule has 2 saturated heterocycles. The number of nitrogens with one attached hydrogen (secondary N) is 4. The van der Waals surface area contributed by atoms with Crippen molar-refractivity contribution in [3.8, 4) is 0 Å². The smallest absolute Gasteiger partial charge is 0.416 e. The molecule has 0 radical (unpaired) electrons. The van der Waals surface area contributed by atoms with Crippen LogP contribution in [0.25, 0.3) is 0 Å². The molecule has 0 atom stereocenters. The minimum atomic E-state index is -4.64. The topological polar surface area (TPSA) is 172 Å². The van der Waals surface area contributed by atoms with Gasteiger partial charge in [-0.2, -0.15) is 17.5 Å². The highest BCUT2D eigenvalue weighted by Crippen LogP contribution is 2.35. The first-order valence-electron chi connectivity index (χ1n) is 18.8. The van der Waals surface area contributed by atoms with E-state index in [1.54, 1.807) is 32.9 Å². The van der Waals surface area contributed by atoms with Gasteiger partial charge in [-0.25, -0.2) is 13.2 Å². The Morgan fingerprint density at radius 1 is 0.825 bits per heavy atom. The number of alkyl halides is 3. The summed E-state index contributed by atoms with van der Waals surface area (Å²) in [6.07, 6.45) is -2.26. The molecule has 0 aromatic heterocycles. The van der Waals surface area contributed by atoms with E-state index >= 15 is 0 Å². The molecule has 6 N–H and O–H groups in total. The summed E-state index contributed by atoms with van der Waals surface area (Å²) in [6, 6.07) is 17.2. The molecule has 0 bridgehead atoms. The highest BCUT2D eigenvalue weighted by molar-refractivity contribution is 7.89. The number of aryl methyl sites for hydroxylation is 2. The first-order valence-corrected chi connectivity index (χ1v) is 20.6. The number of alkyl carbamates (subject to hydrolysis) is 1. The summed E-state index contributed by atoms with van der Waals surface area (Å²) in [4.78, 5) is 37.5. The fourth-order valence-electron chi connectivity index (χ4n) is 6.29. The summed E-state index contributed by atoms with van der Waals surface area (Å²) in [6.45, 7) is 10.7. The standard InChI is InChI=1S/C21H23ClF3N3O3S.C19H29N3O3/c1-2-14-3-6-16(7-4-14)27-19(29)20(26)9-11-28(12-10-20)32(30,31)18-8-5-15(13-17(18)22)21(23,24)25;1-5-14-6-8-15(9-7-14)21-16(23)19(10-12-20-13-11-19)22-17(24)25-18(2,3)4/h3-8,13H,2,9-12,26H2,1H3,(H,27,29);6-9,20H,5,10-13H2,1-4H3,(H,21,23)(H,22,24). The average molecular weight is 837 g/mol. The van der Waals surface area contributed by atoms with E-state index < -0.39 is 60.4 Å². The van der Waals surface area contributed by atoms with Crippen molar-refractivity contribution in [1.82, 2.24) is 14.9 Å². The van der Waals surface area contributed by atoms with Gasteiger partial charge in [0.2, 0.25) is 21.8 Å². The number of piperidine rings is 2. The van der Waals surface area contributed by atoms with Crippen LogP contribution in [0.4, 0.5) is 29.3 Å². The summed E-state index contributed by atoms with van der Waals surface area (Å²) in [5.74, 6) is -0.629. The molecule has 2 fully saturated rings. The zero-order valence-corrected chi connectivity index (χ0v) is 34.4. The third kappa shape index (κ3) is 12.1. The molecule has 2 aliphatic rings. The quantitative estimate of drug-likeness (QED) is 0.155. The Labute approximate surface area is 337 Å². The number of hydrogen-bond donors (Lipinski definition) is 5. The zero-order valence-electron chi connectivity index (χ0n) is 32.8. The number of rotatable bonds is 9. The van der Waals surface area contributed by atoms with Crippen LogP contribution < -0.4 is 27.0 Å². The van der Waals surface area contributed by atoms with Crippen molar-refractivity contribution in [2.75, 3.05) is 36.8 Å². The highest BCUT2D eigenvalue weighted by atomic mass is 35.5. The lowest BCUT2D eigenvalue weighted by Crippen LogP contribution is -2.61. The Morgan fingerprint density at radius 2 is 1.32 bits per heavy atom. The molecule has 12 nitrogen and oxygen atoms in total. The van der Waals surface area contributed by atoms with Crippen LogP contribution in [0.15, 0.2) is 71.6 Å². The first-order chi connectivity index (χ1) is 26.6. The monoisotopic (exact) mass is 836 g/mol. The van der Waals surface area contributed by atoms with E-state index in [9.17, 15) is 36.0 Å². The van der Waals surface area contributed by atoms with Crippen LogP contribution in [0.5, 0.6) is 0 Å². The first kappa shape index (κ1) is 45.5. The summed E-state index contributed by atoms with van der Waals surface area (Å²) in [5, 5.41) is 11.2. The van der Waals surface area contributed by atoms with Gasteiger partial charge in [0.1, 0.15) is 16.0 Å². The van der Waals surface area contributed by atoms with E-state index in [-0.39, 0.29) is 31.8 Å². The van der Waals surface area contributed by atoms with Crippen molar-refractivity contribution < 1.29 is 40.7 Å². The number of anilines is 2. The van der Waals surface area contributed by atoms with E-state index in [4.69, 9.17) is 22.1 Å². The Kier molecular flexibility index (Phi) is 14.8. The number of carbonyl (C=O) groups excluding carboxylic acids is 3. The molecule has 2 aliphatic heterocycles. The Morgan fingerprint density at radius 3 is 1.75 bits per heavy atom. The molecule has 17 heteroatoms. The number of sulfonamides is 1. The van der Waals surface area contributed by atoms with Crippen LogP contribution in [-0.2, 0) is 43.4 Å². The van der Waals surface area contributed by atoms with Crippen LogP contribution in [-0.4, -0.2) is 73.5 Å². The van der Waals surface area contributed by atoms with Crippen LogP contribution in [0, 0.1) is 0 Å². The Bertz CT molecular complexity index is 1980. The molecule has 0 unspecified atom stereocenters. The fourth-order valence-corrected chi connectivity index (χ4v) is 8.25. The van der Waals surface area contributed by atoms with Crippen molar-refractivity contribution in [2.24, 2.45) is 5.73 Å². The second-order valence-corrected chi connectivity index (χ2v) is 17.5. The van der Waals surface area contributed by atoms with E-state index in [1.807, 2.05) is 43.3 Å². The fraction of sp³-hybridized carbons (Fsp3) is 0.475. The van der Waals surface area contributed by atoms with E-state index in [0.29, 0.717) is 43.8 Å². The summed E-state index contributed by atoms with van der Waals surface area (Å²) in [5.41, 5.74) is 6.02. The van der Waals surface area contributed by atoms with E-state index in [0.717, 1.165) is 34.5 Å². The predicted molar refractivity (Wildman–Crippen MR) is 214 cm³/mol. The molecular formula is C40H52ClF3N6O6S. The maximum atomic E-state index is 12.9. The Balaban J connectivity index is 0.000000261. The largest absolute Gasteiger partial charge is 0.444 e. The number of carbonyl (C=O) groups is 3. The number of nitrogens with two attached hydrogens (primary N) is 1. The molecule has 57 heavy (non-hydrogen) atoms. The van der Waals surface area contributed by atoms with Gasteiger partial charge >= 0.3 is 12.3 Å². The second kappa shape index (κ2) is 18.6. The highest BCUT2D eigenvalue weighted by Gasteiger charge is 2.43. The SMILES string of the molecule is CCc1ccc(NC(=O)C2(N)CCN(S(=O)(=O)c3ccc(C(F)(F)F)cc3Cl)CC2)cc1.CCc1ccc(NC(=O)C2(NC(=O)OC(C)(C)C)CCNCC2)cc1. The molecule has 0 saturated carbocycles. The predicted octanol–water partition coefficient (Wildman–Crippen LogP) is 6.88. The third-order valence-electron chi connectivity index (χ3n) is 9.82. The lowest BCUT2D eigenvalue weighted by molar-refractivity contribution is -0.137. The number of nitrogens with zero attached hydrogens (tertiary/aromatic N) is 1. The maximum Gasteiger partial charge on any atom is 0.416 e. The van der Waals surface area contributed by atoms with Crippen LogP contribution >= 0.6 is 11.6 Å². The third-order valence-corrected chi connectivity index (χ3v) is 12.2. The molecule has 3 aromatic carbocycles. The zero-order chi connectivity index (χ0) is 42.2. The van der Waals surface area contributed by atoms with Crippen LogP contribution in [0.1, 0.15) is 77.0 Å². The molecule has 2 heterocycles. The van der Waals surface area contributed by atoms with Crippen molar-refractivity contribution in [2.45, 2.75) is 101 Å². The van der Waals surface area contributed by atoms with Gasteiger partial charge < -0.3 is 31.7 Å². The van der Waals surface area contributed by atoms with Crippen molar-refractivity contribution in [1.29, 1.82) is 0 Å². The summed E-state index contributed by atoms with van der Waals surface area (Å²) < 4.78 is 70.8. The summed E-state index contributed by atoms with van der Waals surface area (Å²) >= 11 is 5.86. The molecule has 312 valence electrons. The van der Waals surface area contributed by atoms with Crippen LogP contribution in [0.2, 0.25) is 5.02 Å². The number of ether oxygens (including phenoxy) is 1. The molecular weight excluding hydrogens is 785 g/mol. The lowest BCUT2D eigenvalue weighted by Gasteiger charge is -2.37. The van der Waals surface area contributed by atoms with Gasteiger partial charge in [0, 0.05) is 24.5 Å².